The van der Waals surface area contributed by atoms with Gasteiger partial charge < -0.3 is 15.2 Å². The molecule has 1 saturated carbocycles. The number of carboxylic acid groups (broad SMARTS) is 1. The first-order valence-electron chi connectivity index (χ1n) is 8.47. The quantitative estimate of drug-likeness (QED) is 0.686. The number of amides is 1. The van der Waals surface area contributed by atoms with Crippen molar-refractivity contribution in [1.29, 1.82) is 0 Å². The molecule has 1 fully saturated rings. The minimum Gasteiger partial charge on any atom is -0.481 e. The lowest BCUT2D eigenvalue weighted by molar-refractivity contribution is -0.151. The number of carbonyl (C=O) groups excluding carboxylic acids is 1. The molecule has 1 atom stereocenters. The molecule has 1 amide bonds. The molecule has 0 aliphatic heterocycles. The van der Waals surface area contributed by atoms with E-state index in [0.29, 0.717) is 25.4 Å². The van der Waals surface area contributed by atoms with Crippen LogP contribution < -0.4 is 5.32 Å². The molecule has 1 aliphatic carbocycles. The van der Waals surface area contributed by atoms with Gasteiger partial charge in [-0.3, -0.25) is 9.59 Å². The summed E-state index contributed by atoms with van der Waals surface area (Å²) in [6.07, 6.45) is 5.67. The van der Waals surface area contributed by atoms with Gasteiger partial charge in [-0.15, -0.1) is 0 Å². The van der Waals surface area contributed by atoms with Crippen molar-refractivity contribution >= 4 is 11.9 Å². The number of rotatable bonds is 9. The maximum atomic E-state index is 11.9. The molecule has 128 valence electrons. The van der Waals surface area contributed by atoms with E-state index in [1.807, 2.05) is 6.92 Å². The summed E-state index contributed by atoms with van der Waals surface area (Å²) in [7, 11) is 0. The molecule has 0 spiro atoms. The number of carboxylic acids is 1. The third kappa shape index (κ3) is 6.34. The zero-order valence-corrected chi connectivity index (χ0v) is 14.2. The van der Waals surface area contributed by atoms with Crippen molar-refractivity contribution in [2.75, 3.05) is 13.2 Å². The number of aliphatic carboxylic acids is 1. The molecular weight excluding hydrogens is 282 g/mol. The molecule has 22 heavy (non-hydrogen) atoms. The van der Waals surface area contributed by atoms with Gasteiger partial charge in [0.1, 0.15) is 0 Å². The van der Waals surface area contributed by atoms with Crippen LogP contribution in [-0.4, -0.2) is 36.2 Å². The summed E-state index contributed by atoms with van der Waals surface area (Å²) in [5, 5.41) is 12.2. The maximum Gasteiger partial charge on any atom is 0.311 e. The Labute approximate surface area is 133 Å². The Bertz CT molecular complexity index is 362. The third-order valence-electron chi connectivity index (χ3n) is 4.42. The Morgan fingerprint density at radius 3 is 2.36 bits per heavy atom. The van der Waals surface area contributed by atoms with Gasteiger partial charge in [-0.25, -0.2) is 0 Å². The fraction of sp³-hybridized carbons (Fsp3) is 0.882. The summed E-state index contributed by atoms with van der Waals surface area (Å²) in [5.74, 6) is -0.331. The highest BCUT2D eigenvalue weighted by molar-refractivity contribution is 5.79. The van der Waals surface area contributed by atoms with Gasteiger partial charge in [0.15, 0.2) is 0 Å². The van der Waals surface area contributed by atoms with Gasteiger partial charge in [-0.05, 0) is 32.1 Å². The predicted octanol–water partition coefficient (Wildman–Crippen LogP) is 2.98. The van der Waals surface area contributed by atoms with E-state index in [2.05, 4.69) is 19.2 Å². The Hall–Kier alpha value is -1.10. The van der Waals surface area contributed by atoms with E-state index in [-0.39, 0.29) is 25.0 Å². The van der Waals surface area contributed by atoms with Gasteiger partial charge in [-0.1, -0.05) is 33.1 Å². The lowest BCUT2D eigenvalue weighted by Gasteiger charge is -2.33. The van der Waals surface area contributed by atoms with Gasteiger partial charge in [0.25, 0.3) is 0 Å². The standard InChI is InChI=1S/C17H31NO4/c1-13(2)11-14(3)22-10-7-15(19)18-12-17(16(20)21)8-5-4-6-9-17/h13-14H,4-12H2,1-3H3,(H,18,19)(H,20,21). The highest BCUT2D eigenvalue weighted by Crippen LogP contribution is 2.35. The second-order valence-corrected chi connectivity index (χ2v) is 6.98. The van der Waals surface area contributed by atoms with Gasteiger partial charge in [0.2, 0.25) is 5.91 Å². The third-order valence-corrected chi connectivity index (χ3v) is 4.42. The summed E-state index contributed by atoms with van der Waals surface area (Å²) in [6, 6.07) is 0. The first kappa shape index (κ1) is 18.9. The van der Waals surface area contributed by atoms with Crippen LogP contribution in [0, 0.1) is 11.3 Å². The molecular formula is C17H31NO4. The highest BCUT2D eigenvalue weighted by Gasteiger charge is 2.39. The first-order chi connectivity index (χ1) is 10.4. The van der Waals surface area contributed by atoms with E-state index in [0.717, 1.165) is 25.7 Å². The van der Waals surface area contributed by atoms with Crippen molar-refractivity contribution in [2.45, 2.75) is 71.8 Å². The second-order valence-electron chi connectivity index (χ2n) is 6.98. The Morgan fingerprint density at radius 2 is 1.82 bits per heavy atom. The lowest BCUT2D eigenvalue weighted by atomic mass is 9.74. The van der Waals surface area contributed by atoms with Crippen LogP contribution in [0.25, 0.3) is 0 Å². The van der Waals surface area contributed by atoms with E-state index in [4.69, 9.17) is 4.74 Å². The average Bonchev–Trinajstić information content (AvgIpc) is 2.45. The number of ether oxygens (including phenoxy) is 1. The summed E-state index contributed by atoms with van der Waals surface area (Å²) in [6.45, 7) is 6.92. The number of nitrogens with one attached hydrogen (secondary N) is 1. The Balaban J connectivity index is 2.28. The van der Waals surface area contributed by atoms with Crippen molar-refractivity contribution in [3.8, 4) is 0 Å². The molecule has 0 bridgehead atoms. The fourth-order valence-corrected chi connectivity index (χ4v) is 3.14. The molecule has 0 saturated heterocycles. The van der Waals surface area contributed by atoms with Crippen LogP contribution >= 0.6 is 0 Å². The monoisotopic (exact) mass is 313 g/mol. The lowest BCUT2D eigenvalue weighted by Crippen LogP contribution is -2.44. The van der Waals surface area contributed by atoms with Crippen LogP contribution in [0.3, 0.4) is 0 Å². The van der Waals surface area contributed by atoms with E-state index in [9.17, 15) is 14.7 Å². The maximum absolute atomic E-state index is 11.9. The number of hydrogen-bond donors (Lipinski definition) is 2. The second kappa shape index (κ2) is 9.13. The number of hydrogen-bond acceptors (Lipinski definition) is 3. The molecule has 0 aromatic heterocycles. The number of carbonyl (C=O) groups is 2. The van der Waals surface area contributed by atoms with Crippen molar-refractivity contribution in [1.82, 2.24) is 5.32 Å². The molecule has 1 unspecified atom stereocenters. The average molecular weight is 313 g/mol. The van der Waals surface area contributed by atoms with E-state index in [1.54, 1.807) is 0 Å². The SMILES string of the molecule is CC(C)CC(C)OCCC(=O)NCC1(C(=O)O)CCCCC1. The van der Waals surface area contributed by atoms with Crippen LogP contribution in [0.4, 0.5) is 0 Å². The van der Waals surface area contributed by atoms with Crippen molar-refractivity contribution in [2.24, 2.45) is 11.3 Å². The molecule has 0 heterocycles. The molecule has 1 aliphatic rings. The molecule has 1 rings (SSSR count). The molecule has 0 radical (unpaired) electrons. The summed E-state index contributed by atoms with van der Waals surface area (Å²) >= 11 is 0. The zero-order valence-electron chi connectivity index (χ0n) is 14.2. The summed E-state index contributed by atoms with van der Waals surface area (Å²) in [5.41, 5.74) is -0.764. The predicted molar refractivity (Wildman–Crippen MR) is 85.6 cm³/mol. The molecule has 2 N–H and O–H groups in total. The van der Waals surface area contributed by atoms with Crippen LogP contribution in [0.15, 0.2) is 0 Å². The van der Waals surface area contributed by atoms with E-state index in [1.165, 1.54) is 0 Å². The van der Waals surface area contributed by atoms with Crippen molar-refractivity contribution in [3.63, 3.8) is 0 Å². The zero-order chi connectivity index (χ0) is 16.6. The van der Waals surface area contributed by atoms with Crippen LogP contribution in [0.1, 0.15) is 65.7 Å². The minimum atomic E-state index is -0.783. The van der Waals surface area contributed by atoms with Gasteiger partial charge in [0.05, 0.1) is 18.1 Å². The molecule has 5 nitrogen and oxygen atoms in total. The molecule has 0 aromatic carbocycles. The smallest absolute Gasteiger partial charge is 0.311 e. The highest BCUT2D eigenvalue weighted by atomic mass is 16.5. The van der Waals surface area contributed by atoms with Gasteiger partial charge >= 0.3 is 5.97 Å². The van der Waals surface area contributed by atoms with Gasteiger partial charge in [0, 0.05) is 13.0 Å². The Morgan fingerprint density at radius 1 is 1.18 bits per heavy atom. The molecule has 5 heteroatoms. The fourth-order valence-electron chi connectivity index (χ4n) is 3.14. The van der Waals surface area contributed by atoms with Crippen LogP contribution in [-0.2, 0) is 14.3 Å². The van der Waals surface area contributed by atoms with E-state index >= 15 is 0 Å². The normalized spacial score (nSPS) is 18.9. The van der Waals surface area contributed by atoms with Crippen LogP contribution in [0.5, 0.6) is 0 Å². The van der Waals surface area contributed by atoms with E-state index < -0.39 is 11.4 Å². The van der Waals surface area contributed by atoms with Crippen molar-refractivity contribution < 1.29 is 19.4 Å². The summed E-state index contributed by atoms with van der Waals surface area (Å²) in [4.78, 5) is 23.4. The largest absolute Gasteiger partial charge is 0.481 e. The van der Waals surface area contributed by atoms with Gasteiger partial charge in [-0.2, -0.15) is 0 Å². The van der Waals surface area contributed by atoms with Crippen molar-refractivity contribution in [3.05, 3.63) is 0 Å². The molecule has 0 aromatic rings. The first-order valence-corrected chi connectivity index (χ1v) is 8.47. The summed E-state index contributed by atoms with van der Waals surface area (Å²) < 4.78 is 5.61. The Kier molecular flexibility index (Phi) is 7.87. The van der Waals surface area contributed by atoms with Crippen LogP contribution in [0.2, 0.25) is 0 Å². The topological polar surface area (TPSA) is 75.6 Å². The minimum absolute atomic E-state index is 0.122.